The van der Waals surface area contributed by atoms with Crippen LogP contribution in [0.25, 0.3) is 11.4 Å². The number of carboxylic acid groups (broad SMARTS) is 1. The molecule has 0 fully saturated rings. The summed E-state index contributed by atoms with van der Waals surface area (Å²) in [6.45, 7) is 3.45. The zero-order chi connectivity index (χ0) is 17.6. The molecule has 0 unspecified atom stereocenters. The van der Waals surface area contributed by atoms with Crippen molar-refractivity contribution in [3.05, 3.63) is 48.3 Å². The van der Waals surface area contributed by atoms with Crippen molar-refractivity contribution in [1.82, 2.24) is 29.7 Å². The molecule has 3 heterocycles. The second-order valence-electron chi connectivity index (χ2n) is 5.21. The molecule has 0 aliphatic carbocycles. The van der Waals surface area contributed by atoms with Crippen LogP contribution in [-0.2, 0) is 13.0 Å². The zero-order valence-electron chi connectivity index (χ0n) is 13.6. The summed E-state index contributed by atoms with van der Waals surface area (Å²) in [6, 6.07) is 4.61. The standard InChI is InChI=1S/C16H17N7O2/c1-2-23-10-20-22-14(23)5-8-19-16-18-7-4-12(21-16)13-9-11(15(24)25)3-6-17-13/h3-4,6-7,9-10H,2,5,8H2,1H3,(H,24,25)(H,18,19,21). The van der Waals surface area contributed by atoms with Gasteiger partial charge in [0.05, 0.1) is 17.0 Å². The van der Waals surface area contributed by atoms with E-state index in [-0.39, 0.29) is 5.56 Å². The van der Waals surface area contributed by atoms with Gasteiger partial charge in [0, 0.05) is 31.9 Å². The van der Waals surface area contributed by atoms with Crippen LogP contribution in [-0.4, -0.2) is 47.3 Å². The van der Waals surface area contributed by atoms with Gasteiger partial charge in [-0.25, -0.2) is 14.8 Å². The van der Waals surface area contributed by atoms with Crippen LogP contribution in [0.4, 0.5) is 5.95 Å². The predicted molar refractivity (Wildman–Crippen MR) is 90.1 cm³/mol. The van der Waals surface area contributed by atoms with Gasteiger partial charge in [0.25, 0.3) is 0 Å². The van der Waals surface area contributed by atoms with E-state index >= 15 is 0 Å². The Hall–Kier alpha value is -3.36. The van der Waals surface area contributed by atoms with Crippen LogP contribution in [0.3, 0.4) is 0 Å². The summed E-state index contributed by atoms with van der Waals surface area (Å²) in [7, 11) is 0. The highest BCUT2D eigenvalue weighted by molar-refractivity contribution is 5.88. The molecule has 9 heteroatoms. The maximum absolute atomic E-state index is 11.1. The van der Waals surface area contributed by atoms with Crippen molar-refractivity contribution in [3.8, 4) is 11.4 Å². The summed E-state index contributed by atoms with van der Waals surface area (Å²) in [5.74, 6) is 0.334. The van der Waals surface area contributed by atoms with E-state index in [0.29, 0.717) is 30.3 Å². The number of nitrogens with one attached hydrogen (secondary N) is 1. The predicted octanol–water partition coefficient (Wildman–Crippen LogP) is 1.50. The number of pyridine rings is 1. The van der Waals surface area contributed by atoms with Gasteiger partial charge >= 0.3 is 5.97 Å². The van der Waals surface area contributed by atoms with Crippen LogP contribution in [0.5, 0.6) is 0 Å². The number of nitrogens with zero attached hydrogens (tertiary/aromatic N) is 6. The largest absolute Gasteiger partial charge is 0.478 e. The lowest BCUT2D eigenvalue weighted by Crippen LogP contribution is -2.11. The highest BCUT2D eigenvalue weighted by Crippen LogP contribution is 2.16. The molecule has 0 aliphatic heterocycles. The van der Waals surface area contributed by atoms with E-state index < -0.39 is 5.97 Å². The maximum atomic E-state index is 11.1. The Morgan fingerprint density at radius 1 is 1.24 bits per heavy atom. The summed E-state index contributed by atoms with van der Waals surface area (Å²) in [6.07, 6.45) is 5.45. The topological polar surface area (TPSA) is 119 Å². The summed E-state index contributed by atoms with van der Waals surface area (Å²) >= 11 is 0. The van der Waals surface area contributed by atoms with Crippen LogP contribution >= 0.6 is 0 Å². The fourth-order valence-corrected chi connectivity index (χ4v) is 2.31. The van der Waals surface area contributed by atoms with Gasteiger partial charge in [0.15, 0.2) is 0 Å². The molecule has 0 saturated carbocycles. The molecule has 0 amide bonds. The first kappa shape index (κ1) is 16.5. The van der Waals surface area contributed by atoms with E-state index in [2.05, 4.69) is 30.5 Å². The number of rotatable bonds is 7. The van der Waals surface area contributed by atoms with Crippen molar-refractivity contribution < 1.29 is 9.90 Å². The number of aromatic carboxylic acids is 1. The third-order valence-corrected chi connectivity index (χ3v) is 3.59. The van der Waals surface area contributed by atoms with Crippen LogP contribution in [0.2, 0.25) is 0 Å². The molecule has 0 atom stereocenters. The molecule has 0 saturated heterocycles. The molecule has 2 N–H and O–H groups in total. The van der Waals surface area contributed by atoms with Gasteiger partial charge in [-0.05, 0) is 25.1 Å². The Balaban J connectivity index is 1.69. The fraction of sp³-hybridized carbons (Fsp3) is 0.250. The number of carboxylic acids is 1. The number of anilines is 1. The fourth-order valence-electron chi connectivity index (χ4n) is 2.31. The van der Waals surface area contributed by atoms with Gasteiger partial charge in [-0.2, -0.15) is 0 Å². The number of aryl methyl sites for hydroxylation is 1. The smallest absolute Gasteiger partial charge is 0.335 e. The first-order valence-corrected chi connectivity index (χ1v) is 7.80. The number of hydrogen-bond donors (Lipinski definition) is 2. The molecule has 128 valence electrons. The lowest BCUT2D eigenvalue weighted by atomic mass is 10.2. The van der Waals surface area contributed by atoms with Crippen LogP contribution in [0.15, 0.2) is 36.9 Å². The third-order valence-electron chi connectivity index (χ3n) is 3.59. The second kappa shape index (κ2) is 7.47. The van der Waals surface area contributed by atoms with E-state index in [1.807, 2.05) is 11.5 Å². The van der Waals surface area contributed by atoms with Crippen LogP contribution in [0, 0.1) is 0 Å². The number of carbonyl (C=O) groups is 1. The average molecular weight is 339 g/mol. The Morgan fingerprint density at radius 2 is 2.08 bits per heavy atom. The van der Waals surface area contributed by atoms with Crippen molar-refractivity contribution in [2.75, 3.05) is 11.9 Å². The molecule has 0 spiro atoms. The van der Waals surface area contributed by atoms with Gasteiger partial charge in [-0.3, -0.25) is 4.98 Å². The lowest BCUT2D eigenvalue weighted by Gasteiger charge is -2.07. The molecule has 3 aromatic heterocycles. The van der Waals surface area contributed by atoms with Gasteiger partial charge < -0.3 is 15.0 Å². The zero-order valence-corrected chi connectivity index (χ0v) is 13.6. The first-order valence-electron chi connectivity index (χ1n) is 7.80. The minimum Gasteiger partial charge on any atom is -0.478 e. The Kier molecular flexibility index (Phi) is 4.93. The Morgan fingerprint density at radius 3 is 2.88 bits per heavy atom. The molecular weight excluding hydrogens is 322 g/mol. The summed E-state index contributed by atoms with van der Waals surface area (Å²) in [5, 5.41) is 20.2. The molecule has 9 nitrogen and oxygen atoms in total. The van der Waals surface area contributed by atoms with Crippen LogP contribution < -0.4 is 5.32 Å². The van der Waals surface area contributed by atoms with Crippen LogP contribution in [0.1, 0.15) is 23.1 Å². The van der Waals surface area contributed by atoms with Crippen molar-refractivity contribution in [3.63, 3.8) is 0 Å². The minimum atomic E-state index is -1.00. The van der Waals surface area contributed by atoms with E-state index in [1.165, 1.54) is 18.3 Å². The summed E-state index contributed by atoms with van der Waals surface area (Å²) in [5.41, 5.74) is 1.20. The van der Waals surface area contributed by atoms with Gasteiger partial charge in [0.2, 0.25) is 5.95 Å². The van der Waals surface area contributed by atoms with Gasteiger partial charge in [0.1, 0.15) is 12.2 Å². The molecule has 3 rings (SSSR count). The third kappa shape index (κ3) is 3.94. The summed E-state index contributed by atoms with van der Waals surface area (Å²) in [4.78, 5) is 23.8. The average Bonchev–Trinajstić information content (AvgIpc) is 3.09. The Labute approximate surface area is 143 Å². The highest BCUT2D eigenvalue weighted by Gasteiger charge is 2.08. The van der Waals surface area contributed by atoms with Gasteiger partial charge in [-0.15, -0.1) is 10.2 Å². The highest BCUT2D eigenvalue weighted by atomic mass is 16.4. The van der Waals surface area contributed by atoms with Gasteiger partial charge in [-0.1, -0.05) is 0 Å². The van der Waals surface area contributed by atoms with Crippen molar-refractivity contribution in [1.29, 1.82) is 0 Å². The molecule has 25 heavy (non-hydrogen) atoms. The van der Waals surface area contributed by atoms with Crippen molar-refractivity contribution in [2.45, 2.75) is 19.9 Å². The van der Waals surface area contributed by atoms with E-state index in [0.717, 1.165) is 12.4 Å². The Bertz CT molecular complexity index is 878. The summed E-state index contributed by atoms with van der Waals surface area (Å²) < 4.78 is 1.97. The molecule has 0 aliphatic rings. The minimum absolute atomic E-state index is 0.164. The molecular formula is C16H17N7O2. The molecule has 0 radical (unpaired) electrons. The van der Waals surface area contributed by atoms with Crippen molar-refractivity contribution >= 4 is 11.9 Å². The molecule has 3 aromatic rings. The maximum Gasteiger partial charge on any atom is 0.335 e. The van der Waals surface area contributed by atoms with E-state index in [4.69, 9.17) is 5.11 Å². The second-order valence-corrected chi connectivity index (χ2v) is 5.21. The number of aromatic nitrogens is 6. The van der Waals surface area contributed by atoms with Crippen molar-refractivity contribution in [2.24, 2.45) is 0 Å². The molecule has 0 aromatic carbocycles. The lowest BCUT2D eigenvalue weighted by molar-refractivity contribution is 0.0697. The number of hydrogen-bond acceptors (Lipinski definition) is 7. The SMILES string of the molecule is CCn1cnnc1CCNc1nccc(-c2cc(C(=O)O)ccn2)n1. The monoisotopic (exact) mass is 339 g/mol. The normalized spacial score (nSPS) is 10.6. The quantitative estimate of drug-likeness (QED) is 0.665. The molecule has 0 bridgehead atoms. The van der Waals surface area contributed by atoms with E-state index in [1.54, 1.807) is 18.6 Å². The van der Waals surface area contributed by atoms with E-state index in [9.17, 15) is 4.79 Å². The first-order chi connectivity index (χ1) is 12.2.